The Labute approximate surface area is 301 Å². The zero-order valence-electron chi connectivity index (χ0n) is 34.5. The van der Waals surface area contributed by atoms with Crippen molar-refractivity contribution in [3.05, 3.63) is 63.4 Å². The summed E-state index contributed by atoms with van der Waals surface area (Å²) in [6.07, 6.45) is 0. The van der Waals surface area contributed by atoms with Gasteiger partial charge in [0.05, 0.1) is 0 Å². The molecule has 1 radical (unpaired) electrons. The molecule has 41 heavy (non-hydrogen) atoms. The van der Waals surface area contributed by atoms with Crippen LogP contribution in [-0.2, 0) is 21.7 Å². The average molecular weight is 854 g/mol. The summed E-state index contributed by atoms with van der Waals surface area (Å²) in [5, 5.41) is 0. The summed E-state index contributed by atoms with van der Waals surface area (Å²) in [4.78, 5) is 2.06. The minimum atomic E-state index is -1.02. The summed E-state index contributed by atoms with van der Waals surface area (Å²) in [7, 11) is -3.05. The van der Waals surface area contributed by atoms with Crippen molar-refractivity contribution in [2.24, 2.45) is 0 Å². The van der Waals surface area contributed by atoms with E-state index >= 15 is 0 Å². The number of hydrogen-bond acceptors (Lipinski definition) is 0. The molecule has 0 nitrogen and oxygen atoms in total. The first-order valence-corrected chi connectivity index (χ1v) is 25.7. The Balaban J connectivity index is -0.000000116. The van der Waals surface area contributed by atoms with Crippen LogP contribution in [0.15, 0.2) is 36.4 Å². The van der Waals surface area contributed by atoms with Gasteiger partial charge in [0, 0.05) is 0 Å². The first-order chi connectivity index (χ1) is 16.8. The molecule has 2 aromatic rings. The Morgan fingerprint density at radius 1 is 0.512 bits per heavy atom. The van der Waals surface area contributed by atoms with Crippen molar-refractivity contribution in [3.8, 4) is 0 Å². The van der Waals surface area contributed by atoms with Crippen molar-refractivity contribution in [1.82, 2.24) is 0 Å². The van der Waals surface area contributed by atoms with Gasteiger partial charge in [0.2, 0.25) is 0 Å². The van der Waals surface area contributed by atoms with E-state index in [1.165, 1.54) is 22.3 Å². The quantitative estimate of drug-likeness (QED) is 0.213. The molecule has 0 N–H and O–H groups in total. The van der Waals surface area contributed by atoms with Crippen LogP contribution in [0.3, 0.4) is 0 Å². The van der Waals surface area contributed by atoms with Crippen LogP contribution >= 0.6 is 0 Å². The maximum absolute atomic E-state index is 2.53. The normalized spacial score (nSPS) is 13.3. The Hall–Kier alpha value is 0.935. The molecule has 0 saturated carbocycles. The third-order valence-corrected chi connectivity index (χ3v) is 25.2. The van der Waals surface area contributed by atoms with Gasteiger partial charge >= 0.3 is 48.5 Å². The van der Waals surface area contributed by atoms with E-state index in [2.05, 4.69) is 183 Å². The first-order valence-electron chi connectivity index (χ1n) is 15.2. The minimum Gasteiger partial charge on any atom is -1.00 e. The molecular weight excluding hydrogens is 782 g/mol. The van der Waals surface area contributed by atoms with Crippen LogP contribution < -0.4 is 0 Å². The van der Waals surface area contributed by atoms with Gasteiger partial charge in [-0.3, -0.25) is 0 Å². The third-order valence-electron chi connectivity index (χ3n) is 7.22. The van der Waals surface area contributed by atoms with Gasteiger partial charge < -0.3 is 9.07 Å². The zero-order valence-corrected chi connectivity index (χ0v) is 39.9. The largest absolute Gasteiger partial charge is 3.00 e. The molecule has 235 valence electrons. The topological polar surface area (TPSA) is 0 Å². The zero-order chi connectivity index (χ0) is 31.6. The summed E-state index contributed by atoms with van der Waals surface area (Å²) in [6, 6.07) is 13.7. The second-order valence-electron chi connectivity index (χ2n) is 18.9. The third kappa shape index (κ3) is 16.7. The van der Waals surface area contributed by atoms with Gasteiger partial charge in [-0.25, -0.2) is 12.1 Å². The second kappa shape index (κ2) is 16.0. The van der Waals surface area contributed by atoms with Crippen molar-refractivity contribution in [3.63, 3.8) is 0 Å². The fraction of sp³-hybridized carbons (Fsp3) is 0.694. The molecule has 0 saturated heterocycles. The summed E-state index contributed by atoms with van der Waals surface area (Å²) in [5.74, 6) is 0. The van der Waals surface area contributed by atoms with Crippen molar-refractivity contribution < 1.29 is 35.4 Å². The van der Waals surface area contributed by atoms with E-state index in [1.807, 2.05) is 0 Å². The number of hydrogen-bond donors (Lipinski definition) is 0. The molecule has 0 aliphatic rings. The Morgan fingerprint density at radius 3 is 0.805 bits per heavy atom. The molecule has 0 spiro atoms. The van der Waals surface area contributed by atoms with Gasteiger partial charge in [-0.1, -0.05) is 164 Å². The van der Waals surface area contributed by atoms with Crippen molar-refractivity contribution in [2.45, 2.75) is 164 Å². The van der Waals surface area contributed by atoms with Crippen LogP contribution in [0.2, 0.25) is 58.9 Å². The van der Waals surface area contributed by atoms with E-state index in [1.54, 1.807) is 0 Å². The molecule has 0 heterocycles. The molecule has 0 atom stereocenters. The van der Waals surface area contributed by atoms with Crippen LogP contribution in [0.25, 0.3) is 0 Å². The van der Waals surface area contributed by atoms with E-state index in [4.69, 9.17) is 0 Å². The van der Waals surface area contributed by atoms with Gasteiger partial charge in [0.15, 0.2) is 0 Å². The standard InChI is InChI=1S/2C13H21.C10H27Si3.Al.U.3H/c2*1-12(2,3)10-7-8-11(9-10)13(4,5)6;1-11(2,3)10(12(4,5)6)13(7,8)9;;;;;/h2*7-9H,1-6H3;1-9H3;;;;;/q3*-1;2*+3;3*-1. The van der Waals surface area contributed by atoms with Crippen LogP contribution in [0.1, 0.15) is 110 Å². The molecule has 0 aliphatic carbocycles. The molecule has 2 aromatic carbocycles. The molecule has 2 rings (SSSR count). The SMILES string of the molecule is CC(C)(C)c1cc[c-](C(C)(C)C)c1.CC(C)(C)c1cc[c-](C(C)(C)C)c1.C[Si](C)(C)[C-]([Si](C)(C)C)[Si](C)(C)C.[Al+3].[H-].[H-].[H-].[U+3]. The summed E-state index contributed by atoms with van der Waals surface area (Å²) < 4.78 is 0. The smallest absolute Gasteiger partial charge is 1.00 e. The predicted molar refractivity (Wildman–Crippen MR) is 201 cm³/mol. The fourth-order valence-electron chi connectivity index (χ4n) is 6.13. The molecule has 0 amide bonds. The van der Waals surface area contributed by atoms with E-state index in [0.29, 0.717) is 0 Å². The van der Waals surface area contributed by atoms with Gasteiger partial charge in [-0.2, -0.15) is 46.5 Å². The van der Waals surface area contributed by atoms with Gasteiger partial charge in [-0.05, 0) is 0 Å². The Kier molecular flexibility index (Phi) is 18.1. The first kappa shape index (κ1) is 46.4. The number of rotatable bonds is 3. The molecular formula is C36H72AlSi3U. The molecule has 5 heteroatoms. The minimum absolute atomic E-state index is 0. The van der Waals surface area contributed by atoms with E-state index < -0.39 is 24.2 Å². The molecule has 0 aliphatic heterocycles. The monoisotopic (exact) mass is 854 g/mol. The predicted octanol–water partition coefficient (Wildman–Crippen LogP) is 12.2. The van der Waals surface area contributed by atoms with Crippen molar-refractivity contribution >= 4 is 41.6 Å². The molecule has 0 bridgehead atoms. The van der Waals surface area contributed by atoms with Crippen LogP contribution in [0.4, 0.5) is 0 Å². The van der Waals surface area contributed by atoms with E-state index in [-0.39, 0.29) is 74.4 Å². The molecule has 0 fully saturated rings. The maximum Gasteiger partial charge on any atom is 3.00 e. The maximum atomic E-state index is 2.53. The van der Waals surface area contributed by atoms with Crippen molar-refractivity contribution in [2.75, 3.05) is 0 Å². The summed E-state index contributed by atoms with van der Waals surface area (Å²) in [6.45, 7) is 49.8. The average Bonchev–Trinajstić information content (AvgIpc) is 3.27. The van der Waals surface area contributed by atoms with Crippen molar-refractivity contribution in [1.29, 1.82) is 0 Å². The second-order valence-corrected chi connectivity index (χ2v) is 35.4. The Bertz CT molecular complexity index is 860. The van der Waals surface area contributed by atoms with Crippen LogP contribution in [0.5, 0.6) is 0 Å². The molecule has 0 aromatic heterocycles. The van der Waals surface area contributed by atoms with E-state index in [0.717, 1.165) is 0 Å². The Morgan fingerprint density at radius 2 is 0.732 bits per heavy atom. The fourth-order valence-corrected chi connectivity index (χ4v) is 33.1. The van der Waals surface area contributed by atoms with Crippen LogP contribution in [0, 0.1) is 35.9 Å². The van der Waals surface area contributed by atoms with Gasteiger partial charge in [0.1, 0.15) is 0 Å². The molecule has 0 unspecified atom stereocenters. The van der Waals surface area contributed by atoms with E-state index in [9.17, 15) is 0 Å². The van der Waals surface area contributed by atoms with Gasteiger partial charge in [-0.15, -0.1) is 24.2 Å². The summed E-state index contributed by atoms with van der Waals surface area (Å²) in [5.41, 5.74) is 6.89. The van der Waals surface area contributed by atoms with Gasteiger partial charge in [0.25, 0.3) is 0 Å². The summed E-state index contributed by atoms with van der Waals surface area (Å²) >= 11 is 0. The van der Waals surface area contributed by atoms with Crippen LogP contribution in [-0.4, -0.2) is 41.6 Å².